The molecule has 0 fully saturated rings. The van der Waals surface area contributed by atoms with Crippen molar-refractivity contribution in [2.45, 2.75) is 54.0 Å². The molecular formula is C50H46N2O. The zero-order chi connectivity index (χ0) is 36.4. The highest BCUT2D eigenvalue weighted by atomic mass is 16.3. The molecule has 1 heterocycles. The topological polar surface area (TPSA) is 19.6 Å². The van der Waals surface area contributed by atoms with Gasteiger partial charge in [0.25, 0.3) is 0 Å². The third-order valence-electron chi connectivity index (χ3n) is 11.3. The first-order valence-electron chi connectivity index (χ1n) is 19.0. The molecule has 0 radical (unpaired) electrons. The molecular weight excluding hydrogens is 645 g/mol. The van der Waals surface area contributed by atoms with Gasteiger partial charge in [-0.2, -0.15) is 0 Å². The average molecular weight is 691 g/mol. The van der Waals surface area contributed by atoms with E-state index in [9.17, 15) is 0 Å². The Morgan fingerprint density at radius 1 is 0.604 bits per heavy atom. The van der Waals surface area contributed by atoms with Crippen LogP contribution >= 0.6 is 0 Å². The molecule has 6 aromatic carbocycles. The summed E-state index contributed by atoms with van der Waals surface area (Å²) in [7, 11) is 0. The maximum Gasteiger partial charge on any atom is 0.138 e. The van der Waals surface area contributed by atoms with Gasteiger partial charge in [0.15, 0.2) is 0 Å². The fraction of sp³-hybridized carbons (Fsp3) is 0.200. The maximum absolute atomic E-state index is 7.12. The second kappa shape index (κ2) is 13.0. The van der Waals surface area contributed by atoms with Gasteiger partial charge in [-0.3, -0.25) is 0 Å². The number of nitrogens with zero attached hydrogens (tertiary/aromatic N) is 2. The molecule has 1 unspecified atom stereocenters. The Bertz CT molecular complexity index is 2700. The molecule has 0 amide bonds. The summed E-state index contributed by atoms with van der Waals surface area (Å²) in [6.07, 6.45) is 12.7. The van der Waals surface area contributed by atoms with Crippen LogP contribution in [0.25, 0.3) is 43.5 Å². The van der Waals surface area contributed by atoms with Crippen molar-refractivity contribution in [2.24, 2.45) is 11.8 Å². The summed E-state index contributed by atoms with van der Waals surface area (Å²) in [6, 6.07) is 40.3. The summed E-state index contributed by atoms with van der Waals surface area (Å²) in [5, 5.41) is 7.16. The van der Waals surface area contributed by atoms with Crippen LogP contribution in [-0.4, -0.2) is 6.04 Å². The van der Waals surface area contributed by atoms with Crippen LogP contribution < -0.4 is 9.80 Å². The SMILES string of the molecule is CC1=C[C@H](C)C(N(c2cccc(C)c2)c2cc3oc4cc(N(C5=CC=C(C)C[C@H]5C)c5cccc(C)c5)c5ccccc5c4c3c3ccccc23)C=C1. The lowest BCUT2D eigenvalue weighted by Gasteiger charge is -2.37. The number of aryl methyl sites for hydroxylation is 2. The van der Waals surface area contributed by atoms with Crippen LogP contribution in [-0.2, 0) is 0 Å². The zero-order valence-corrected chi connectivity index (χ0v) is 31.5. The van der Waals surface area contributed by atoms with E-state index in [4.69, 9.17) is 4.42 Å². The minimum Gasteiger partial charge on any atom is -0.456 e. The number of fused-ring (bicyclic) bond motifs is 7. The van der Waals surface area contributed by atoms with Crippen LogP contribution in [0.5, 0.6) is 0 Å². The van der Waals surface area contributed by atoms with Crippen molar-refractivity contribution in [3.63, 3.8) is 0 Å². The molecule has 1 aromatic heterocycles. The monoisotopic (exact) mass is 690 g/mol. The number of allylic oxidation sites excluding steroid dienone is 6. The Morgan fingerprint density at radius 3 is 1.81 bits per heavy atom. The molecule has 2 aliphatic carbocycles. The van der Waals surface area contributed by atoms with Crippen molar-refractivity contribution in [2.75, 3.05) is 9.80 Å². The van der Waals surface area contributed by atoms with E-state index in [2.05, 4.69) is 191 Å². The van der Waals surface area contributed by atoms with Crippen LogP contribution in [0.15, 0.2) is 161 Å². The Balaban J connectivity index is 1.34. The molecule has 0 aliphatic heterocycles. The predicted octanol–water partition coefficient (Wildman–Crippen LogP) is 14.2. The number of benzene rings is 6. The van der Waals surface area contributed by atoms with E-state index in [0.717, 1.165) is 34.6 Å². The van der Waals surface area contributed by atoms with Gasteiger partial charge in [0, 0.05) is 56.7 Å². The Hall–Kier alpha value is -5.80. The van der Waals surface area contributed by atoms with Crippen molar-refractivity contribution >= 4 is 66.2 Å². The molecule has 262 valence electrons. The number of rotatable bonds is 6. The fourth-order valence-corrected chi connectivity index (χ4v) is 8.94. The van der Waals surface area contributed by atoms with Crippen molar-refractivity contribution in [1.29, 1.82) is 0 Å². The first-order chi connectivity index (χ1) is 25.7. The molecule has 0 spiro atoms. The van der Waals surface area contributed by atoms with Crippen LogP contribution in [0.4, 0.5) is 22.7 Å². The van der Waals surface area contributed by atoms with E-state index < -0.39 is 0 Å². The van der Waals surface area contributed by atoms with Crippen molar-refractivity contribution in [3.8, 4) is 0 Å². The highest BCUT2D eigenvalue weighted by Gasteiger charge is 2.30. The fourth-order valence-electron chi connectivity index (χ4n) is 8.94. The van der Waals surface area contributed by atoms with Crippen LogP contribution in [0.2, 0.25) is 0 Å². The van der Waals surface area contributed by atoms with Gasteiger partial charge in [-0.1, -0.05) is 122 Å². The average Bonchev–Trinajstić information content (AvgIpc) is 3.52. The first-order valence-corrected chi connectivity index (χ1v) is 19.0. The number of anilines is 4. The molecule has 0 N–H and O–H groups in total. The third-order valence-corrected chi connectivity index (χ3v) is 11.3. The van der Waals surface area contributed by atoms with Gasteiger partial charge in [0.05, 0.1) is 17.4 Å². The predicted molar refractivity (Wildman–Crippen MR) is 227 cm³/mol. The summed E-state index contributed by atoms with van der Waals surface area (Å²) in [5.74, 6) is 0.680. The van der Waals surface area contributed by atoms with Crippen LogP contribution in [0.1, 0.15) is 45.2 Å². The van der Waals surface area contributed by atoms with E-state index in [1.807, 2.05) is 0 Å². The van der Waals surface area contributed by atoms with E-state index in [1.165, 1.54) is 66.0 Å². The van der Waals surface area contributed by atoms with Gasteiger partial charge in [0.2, 0.25) is 0 Å². The number of furan rings is 1. The largest absolute Gasteiger partial charge is 0.456 e. The van der Waals surface area contributed by atoms with E-state index >= 15 is 0 Å². The molecule has 2 aliphatic rings. The first kappa shape index (κ1) is 33.1. The van der Waals surface area contributed by atoms with Crippen LogP contribution in [0.3, 0.4) is 0 Å². The molecule has 7 aromatic rings. The minimum atomic E-state index is 0.143. The van der Waals surface area contributed by atoms with Crippen molar-refractivity contribution in [3.05, 3.63) is 168 Å². The van der Waals surface area contributed by atoms with Gasteiger partial charge >= 0.3 is 0 Å². The molecule has 3 heteroatoms. The third kappa shape index (κ3) is 5.67. The molecule has 0 saturated heterocycles. The van der Waals surface area contributed by atoms with Gasteiger partial charge in [-0.25, -0.2) is 0 Å². The minimum absolute atomic E-state index is 0.143. The quantitative estimate of drug-likeness (QED) is 0.173. The van der Waals surface area contributed by atoms with Gasteiger partial charge in [-0.05, 0) is 92.3 Å². The molecule has 3 nitrogen and oxygen atoms in total. The lowest BCUT2D eigenvalue weighted by molar-refractivity contribution is 0.605. The van der Waals surface area contributed by atoms with Crippen molar-refractivity contribution < 1.29 is 4.42 Å². The summed E-state index contributed by atoms with van der Waals surface area (Å²) >= 11 is 0. The standard InChI is InChI=1S/C50H46N2O/c1-31-13-11-15-37(27-31)51(43-23-21-33(3)25-35(43)5)45-29-47-49(41-19-9-7-17-39(41)45)50-42-20-10-8-18-40(42)46(30-48(50)53-47)52(38-16-12-14-32(2)28-38)44-24-22-34(4)26-36(44)6/h7-25,27-30,35-36,43H,26H2,1-6H3/t35-,36+,43?/m0/s1. The number of hydrogen-bond acceptors (Lipinski definition) is 3. The lowest BCUT2D eigenvalue weighted by atomic mass is 9.90. The summed E-state index contributed by atoms with van der Waals surface area (Å²) in [6.45, 7) is 13.5. The lowest BCUT2D eigenvalue weighted by Crippen LogP contribution is -2.35. The number of hydrogen-bond donors (Lipinski definition) is 0. The zero-order valence-electron chi connectivity index (χ0n) is 31.5. The summed E-state index contributed by atoms with van der Waals surface area (Å²) < 4.78 is 7.12. The Morgan fingerprint density at radius 2 is 1.19 bits per heavy atom. The Labute approximate surface area is 312 Å². The molecule has 3 atom stereocenters. The molecule has 9 rings (SSSR count). The second-order valence-electron chi connectivity index (χ2n) is 15.4. The molecule has 0 bridgehead atoms. The van der Waals surface area contributed by atoms with Crippen molar-refractivity contribution in [1.82, 2.24) is 0 Å². The summed E-state index contributed by atoms with van der Waals surface area (Å²) in [4.78, 5) is 5.01. The Kier molecular flexibility index (Phi) is 8.11. The highest BCUT2D eigenvalue weighted by molar-refractivity contribution is 6.30. The smallest absolute Gasteiger partial charge is 0.138 e. The van der Waals surface area contributed by atoms with E-state index in [1.54, 1.807) is 0 Å². The van der Waals surface area contributed by atoms with E-state index in [0.29, 0.717) is 11.8 Å². The molecule has 53 heavy (non-hydrogen) atoms. The summed E-state index contributed by atoms with van der Waals surface area (Å²) in [5.41, 5.74) is 12.9. The normalized spacial score (nSPS) is 18.8. The van der Waals surface area contributed by atoms with Gasteiger partial charge < -0.3 is 14.2 Å². The van der Waals surface area contributed by atoms with Gasteiger partial charge in [0.1, 0.15) is 11.2 Å². The maximum atomic E-state index is 7.12. The molecule has 0 saturated carbocycles. The highest BCUT2D eigenvalue weighted by Crippen LogP contribution is 2.49. The van der Waals surface area contributed by atoms with Crippen LogP contribution in [0, 0.1) is 25.7 Å². The second-order valence-corrected chi connectivity index (χ2v) is 15.4. The van der Waals surface area contributed by atoms with Gasteiger partial charge in [-0.15, -0.1) is 0 Å². The van der Waals surface area contributed by atoms with E-state index in [-0.39, 0.29) is 6.04 Å².